The minimum absolute atomic E-state index is 0.369. The zero-order chi connectivity index (χ0) is 20.3. The molecule has 8 nitrogen and oxygen atoms in total. The maximum Gasteiger partial charge on any atom is 0.355 e. The molecular weight excluding hydrogens is 434 g/mol. The number of rotatable bonds is 4. The molecule has 0 saturated carbocycles. The van der Waals surface area contributed by atoms with Crippen molar-refractivity contribution in [3.8, 4) is 0 Å². The first-order chi connectivity index (χ1) is 12.7. The molecule has 0 unspecified atom stereocenters. The van der Waals surface area contributed by atoms with Gasteiger partial charge < -0.3 is 14.4 Å². The van der Waals surface area contributed by atoms with Gasteiger partial charge in [0.2, 0.25) is 0 Å². The number of benzene rings is 1. The van der Waals surface area contributed by atoms with Gasteiger partial charge in [0.25, 0.3) is 5.69 Å². The molecule has 0 bridgehead atoms. The molecule has 0 fully saturated rings. The van der Waals surface area contributed by atoms with Crippen LogP contribution in [0.2, 0.25) is 0 Å². The molecule has 0 aliphatic carbocycles. The summed E-state index contributed by atoms with van der Waals surface area (Å²) < 4.78 is 37.5. The van der Waals surface area contributed by atoms with E-state index in [9.17, 15) is 28.5 Å². The molecule has 1 aromatic carbocycles. The number of hydrogen-bond acceptors (Lipinski definition) is 7. The van der Waals surface area contributed by atoms with Gasteiger partial charge in [0.05, 0.1) is 29.2 Å². The standard InChI is InChI=1S/C16H11BrF2N2O6/c1-26-15(22)8-5-3-4-6-20(13(8)16(23)27-2)14-10(21(24)25)7-9(17)11(18)12(14)19/h3-7H,1-2H3. The van der Waals surface area contributed by atoms with Crippen LogP contribution in [0.4, 0.5) is 20.2 Å². The molecule has 0 N–H and O–H groups in total. The summed E-state index contributed by atoms with van der Waals surface area (Å²) in [6.45, 7) is 0. The van der Waals surface area contributed by atoms with Gasteiger partial charge in [-0.05, 0) is 28.1 Å². The fourth-order valence-electron chi connectivity index (χ4n) is 2.28. The molecule has 27 heavy (non-hydrogen) atoms. The van der Waals surface area contributed by atoms with Crippen LogP contribution in [0.15, 0.2) is 46.2 Å². The Kier molecular flexibility index (Phi) is 6.05. The smallest absolute Gasteiger partial charge is 0.355 e. The minimum atomic E-state index is -1.60. The first-order valence-corrected chi connectivity index (χ1v) is 7.90. The fourth-order valence-corrected chi connectivity index (χ4v) is 2.67. The number of hydrogen-bond donors (Lipinski definition) is 0. The molecule has 0 atom stereocenters. The predicted molar refractivity (Wildman–Crippen MR) is 92.5 cm³/mol. The van der Waals surface area contributed by atoms with Gasteiger partial charge >= 0.3 is 11.9 Å². The molecule has 11 heteroatoms. The van der Waals surface area contributed by atoms with Gasteiger partial charge in [0.15, 0.2) is 17.3 Å². The summed E-state index contributed by atoms with van der Waals surface area (Å²) in [5, 5.41) is 11.4. The highest BCUT2D eigenvalue weighted by Crippen LogP contribution is 2.39. The lowest BCUT2D eigenvalue weighted by molar-refractivity contribution is -0.384. The average molecular weight is 445 g/mol. The Balaban J connectivity index is 2.91. The van der Waals surface area contributed by atoms with E-state index in [1.54, 1.807) is 0 Å². The number of halogens is 3. The van der Waals surface area contributed by atoms with Crippen molar-refractivity contribution < 1.29 is 32.8 Å². The van der Waals surface area contributed by atoms with E-state index in [2.05, 4.69) is 25.4 Å². The number of anilines is 1. The third-order valence-corrected chi connectivity index (χ3v) is 4.02. The van der Waals surface area contributed by atoms with Crippen LogP contribution in [-0.2, 0) is 19.1 Å². The van der Waals surface area contributed by atoms with Gasteiger partial charge in [0.1, 0.15) is 5.70 Å². The van der Waals surface area contributed by atoms with Crippen LogP contribution in [0.3, 0.4) is 0 Å². The zero-order valence-corrected chi connectivity index (χ0v) is 15.5. The van der Waals surface area contributed by atoms with Gasteiger partial charge in [-0.25, -0.2) is 18.4 Å². The second-order valence-corrected chi connectivity index (χ2v) is 5.78. The Morgan fingerprint density at radius 1 is 1.15 bits per heavy atom. The minimum Gasteiger partial charge on any atom is -0.465 e. The van der Waals surface area contributed by atoms with Crippen LogP contribution in [0.25, 0.3) is 0 Å². The zero-order valence-electron chi connectivity index (χ0n) is 13.9. The molecule has 1 aliphatic heterocycles. The molecular formula is C16H11BrF2N2O6. The number of allylic oxidation sites excluding steroid dienone is 2. The second-order valence-electron chi connectivity index (χ2n) is 4.93. The van der Waals surface area contributed by atoms with E-state index < -0.39 is 50.0 Å². The Morgan fingerprint density at radius 2 is 1.78 bits per heavy atom. The van der Waals surface area contributed by atoms with Crippen molar-refractivity contribution in [1.29, 1.82) is 0 Å². The van der Waals surface area contributed by atoms with Crippen molar-refractivity contribution in [3.63, 3.8) is 0 Å². The van der Waals surface area contributed by atoms with Crippen molar-refractivity contribution in [2.75, 3.05) is 19.1 Å². The lowest BCUT2D eigenvalue weighted by Gasteiger charge is -2.23. The van der Waals surface area contributed by atoms with E-state index in [0.29, 0.717) is 4.90 Å². The van der Waals surface area contributed by atoms with Crippen molar-refractivity contribution in [1.82, 2.24) is 0 Å². The highest BCUT2D eigenvalue weighted by atomic mass is 79.9. The Morgan fingerprint density at radius 3 is 2.33 bits per heavy atom. The number of carbonyl (C=O) groups excluding carboxylic acids is 2. The molecule has 2 rings (SSSR count). The van der Waals surface area contributed by atoms with Crippen molar-refractivity contribution >= 4 is 39.2 Å². The normalized spacial score (nSPS) is 13.4. The van der Waals surface area contributed by atoms with Crippen LogP contribution in [-0.4, -0.2) is 31.1 Å². The highest BCUT2D eigenvalue weighted by Gasteiger charge is 2.35. The van der Waals surface area contributed by atoms with Crippen LogP contribution in [0.5, 0.6) is 0 Å². The third kappa shape index (κ3) is 3.72. The molecule has 1 heterocycles. The maximum absolute atomic E-state index is 14.7. The Bertz CT molecular complexity index is 926. The summed E-state index contributed by atoms with van der Waals surface area (Å²) in [6.07, 6.45) is 4.81. The molecule has 0 aromatic heterocycles. The highest BCUT2D eigenvalue weighted by molar-refractivity contribution is 9.10. The first kappa shape index (κ1) is 20.2. The van der Waals surface area contributed by atoms with E-state index in [1.165, 1.54) is 18.2 Å². The van der Waals surface area contributed by atoms with Gasteiger partial charge in [0, 0.05) is 12.3 Å². The van der Waals surface area contributed by atoms with Gasteiger partial charge in [-0.15, -0.1) is 0 Å². The summed E-state index contributed by atoms with van der Waals surface area (Å²) in [4.78, 5) is 35.4. The molecule has 1 aliphatic rings. The fraction of sp³-hybridized carbons (Fsp3) is 0.125. The number of methoxy groups -OCH3 is 2. The molecule has 0 saturated heterocycles. The molecule has 0 spiro atoms. The average Bonchev–Trinajstić information content (AvgIpc) is 2.87. The SMILES string of the molecule is COC(=O)C1=C(C(=O)OC)N(c2c([N+](=O)[O-])cc(Br)c(F)c2F)C=CC=C1. The monoisotopic (exact) mass is 444 g/mol. The number of ether oxygens (including phenoxy) is 2. The van der Waals surface area contributed by atoms with E-state index in [0.717, 1.165) is 26.5 Å². The third-order valence-electron chi connectivity index (χ3n) is 3.44. The quantitative estimate of drug-likeness (QED) is 0.304. The van der Waals surface area contributed by atoms with E-state index >= 15 is 0 Å². The van der Waals surface area contributed by atoms with E-state index in [-0.39, 0.29) is 5.57 Å². The number of esters is 2. The van der Waals surface area contributed by atoms with Gasteiger partial charge in [-0.1, -0.05) is 6.08 Å². The Labute approximate surface area is 159 Å². The summed E-state index contributed by atoms with van der Waals surface area (Å²) >= 11 is 2.70. The molecule has 0 radical (unpaired) electrons. The first-order valence-electron chi connectivity index (χ1n) is 7.11. The summed E-state index contributed by atoms with van der Waals surface area (Å²) in [6, 6.07) is 0.743. The summed E-state index contributed by atoms with van der Waals surface area (Å²) in [7, 11) is 2.04. The Hall–Kier alpha value is -3.08. The van der Waals surface area contributed by atoms with Crippen molar-refractivity contribution in [2.24, 2.45) is 0 Å². The van der Waals surface area contributed by atoms with Crippen LogP contribution in [0, 0.1) is 21.7 Å². The van der Waals surface area contributed by atoms with E-state index in [4.69, 9.17) is 0 Å². The largest absolute Gasteiger partial charge is 0.465 e. The van der Waals surface area contributed by atoms with E-state index in [1.807, 2.05) is 0 Å². The second kappa shape index (κ2) is 8.08. The van der Waals surface area contributed by atoms with Crippen LogP contribution < -0.4 is 4.90 Å². The van der Waals surface area contributed by atoms with Crippen LogP contribution in [0.1, 0.15) is 0 Å². The summed E-state index contributed by atoms with van der Waals surface area (Å²) in [5.41, 5.74) is -2.69. The van der Waals surface area contributed by atoms with Crippen molar-refractivity contribution in [3.05, 3.63) is 68.0 Å². The summed E-state index contributed by atoms with van der Waals surface area (Å²) in [5.74, 6) is -5.12. The number of nitro groups is 1. The van der Waals surface area contributed by atoms with Crippen molar-refractivity contribution in [2.45, 2.75) is 0 Å². The molecule has 142 valence electrons. The molecule has 0 amide bonds. The topological polar surface area (TPSA) is 99.0 Å². The number of carbonyl (C=O) groups is 2. The maximum atomic E-state index is 14.7. The predicted octanol–water partition coefficient (Wildman–Crippen LogP) is 3.13. The lowest BCUT2D eigenvalue weighted by atomic mass is 10.1. The molecule has 1 aromatic rings. The van der Waals surface area contributed by atoms with Gasteiger partial charge in [-0.3, -0.25) is 10.1 Å². The van der Waals surface area contributed by atoms with Gasteiger partial charge in [-0.2, -0.15) is 0 Å². The lowest BCUT2D eigenvalue weighted by Crippen LogP contribution is -2.28. The number of nitrogens with zero attached hydrogens (tertiary/aromatic N) is 2. The number of nitro benzene ring substituents is 1. The van der Waals surface area contributed by atoms with Crippen LogP contribution >= 0.6 is 15.9 Å².